The summed E-state index contributed by atoms with van der Waals surface area (Å²) in [6.07, 6.45) is 2.01. The van der Waals surface area contributed by atoms with Crippen LogP contribution in [0.15, 0.2) is 54.6 Å². The molecule has 4 heteroatoms. The number of nitrogens with one attached hydrogen (secondary N) is 1. The fourth-order valence-electron chi connectivity index (χ4n) is 2.96. The molecule has 0 saturated heterocycles. The lowest BCUT2D eigenvalue weighted by atomic mass is 9.96. The zero-order valence-electron chi connectivity index (χ0n) is 13.9. The molecule has 1 unspecified atom stereocenters. The summed E-state index contributed by atoms with van der Waals surface area (Å²) < 4.78 is 5.13. The molecule has 1 atom stereocenters. The van der Waals surface area contributed by atoms with Gasteiger partial charge in [-0.25, -0.2) is 0 Å². The Morgan fingerprint density at radius 1 is 1.21 bits per heavy atom. The van der Waals surface area contributed by atoms with Crippen LogP contribution >= 0.6 is 0 Å². The van der Waals surface area contributed by atoms with E-state index in [4.69, 9.17) is 4.74 Å². The standard InChI is InChI=1S/C20H23NO3/c1-24-17-9-5-8-16(12-17)18(22)19(23)21-14-20(10-11-20)13-15-6-3-2-4-7-15/h2-9,12,18,22H,10-11,13-14H2,1H3,(H,21,23). The smallest absolute Gasteiger partial charge is 0.253 e. The minimum atomic E-state index is -1.17. The summed E-state index contributed by atoms with van der Waals surface area (Å²) in [5, 5.41) is 13.2. The monoisotopic (exact) mass is 325 g/mol. The molecular weight excluding hydrogens is 302 g/mol. The minimum Gasteiger partial charge on any atom is -0.497 e. The van der Waals surface area contributed by atoms with E-state index in [-0.39, 0.29) is 11.3 Å². The molecule has 2 aromatic carbocycles. The van der Waals surface area contributed by atoms with Crippen LogP contribution in [0.1, 0.15) is 30.1 Å². The molecule has 4 nitrogen and oxygen atoms in total. The highest BCUT2D eigenvalue weighted by Gasteiger charge is 2.42. The van der Waals surface area contributed by atoms with Crippen molar-refractivity contribution in [3.05, 3.63) is 65.7 Å². The van der Waals surface area contributed by atoms with Crippen LogP contribution in [0.2, 0.25) is 0 Å². The van der Waals surface area contributed by atoms with Crippen LogP contribution in [0.3, 0.4) is 0 Å². The first-order valence-corrected chi connectivity index (χ1v) is 8.26. The van der Waals surface area contributed by atoms with Gasteiger partial charge in [-0.1, -0.05) is 42.5 Å². The van der Waals surface area contributed by atoms with Crippen LogP contribution in [0.25, 0.3) is 0 Å². The number of amides is 1. The number of aliphatic hydroxyl groups excluding tert-OH is 1. The van der Waals surface area contributed by atoms with Crippen LogP contribution in [0, 0.1) is 5.41 Å². The number of carbonyl (C=O) groups excluding carboxylic acids is 1. The third-order valence-corrected chi connectivity index (χ3v) is 4.67. The first-order chi connectivity index (χ1) is 11.6. The van der Waals surface area contributed by atoms with Gasteiger partial charge in [-0.15, -0.1) is 0 Å². The van der Waals surface area contributed by atoms with E-state index in [1.807, 2.05) is 18.2 Å². The van der Waals surface area contributed by atoms with Crippen molar-refractivity contribution in [2.75, 3.05) is 13.7 Å². The van der Waals surface area contributed by atoms with Crippen molar-refractivity contribution in [1.82, 2.24) is 5.32 Å². The van der Waals surface area contributed by atoms with Crippen LogP contribution in [-0.4, -0.2) is 24.7 Å². The summed E-state index contributed by atoms with van der Waals surface area (Å²) in [5.74, 6) is 0.268. The molecule has 0 heterocycles. The number of rotatable bonds is 7. The Morgan fingerprint density at radius 2 is 1.96 bits per heavy atom. The summed E-state index contributed by atoms with van der Waals surface area (Å²) in [6, 6.07) is 17.3. The number of hydrogen-bond acceptors (Lipinski definition) is 3. The van der Waals surface area contributed by atoms with Gasteiger partial charge in [-0.05, 0) is 47.9 Å². The number of hydrogen-bond donors (Lipinski definition) is 2. The van der Waals surface area contributed by atoms with Crippen molar-refractivity contribution in [2.45, 2.75) is 25.4 Å². The van der Waals surface area contributed by atoms with E-state index in [0.717, 1.165) is 19.3 Å². The third kappa shape index (κ3) is 3.95. The molecule has 0 aromatic heterocycles. The van der Waals surface area contributed by atoms with E-state index in [2.05, 4.69) is 17.4 Å². The molecule has 2 aromatic rings. The molecule has 24 heavy (non-hydrogen) atoms. The van der Waals surface area contributed by atoms with Crippen molar-refractivity contribution in [3.8, 4) is 5.75 Å². The van der Waals surface area contributed by atoms with E-state index in [9.17, 15) is 9.90 Å². The highest BCUT2D eigenvalue weighted by Crippen LogP contribution is 2.47. The molecule has 126 valence electrons. The van der Waals surface area contributed by atoms with Gasteiger partial charge in [0.05, 0.1) is 7.11 Å². The van der Waals surface area contributed by atoms with Crippen molar-refractivity contribution < 1.29 is 14.6 Å². The second-order valence-corrected chi connectivity index (χ2v) is 6.56. The molecule has 1 amide bonds. The number of carbonyl (C=O) groups is 1. The van der Waals surface area contributed by atoms with Crippen LogP contribution in [0.4, 0.5) is 0 Å². The van der Waals surface area contributed by atoms with Crippen LogP contribution in [0.5, 0.6) is 5.75 Å². The second kappa shape index (κ2) is 7.05. The molecule has 3 rings (SSSR count). The van der Waals surface area contributed by atoms with Gasteiger partial charge in [0.25, 0.3) is 5.91 Å². The maximum Gasteiger partial charge on any atom is 0.253 e. The third-order valence-electron chi connectivity index (χ3n) is 4.67. The van der Waals surface area contributed by atoms with Gasteiger partial charge >= 0.3 is 0 Å². The Kier molecular flexibility index (Phi) is 4.86. The van der Waals surface area contributed by atoms with Crippen molar-refractivity contribution in [2.24, 2.45) is 5.41 Å². The summed E-state index contributed by atoms with van der Waals surface area (Å²) in [6.45, 7) is 0.599. The SMILES string of the molecule is COc1cccc(C(O)C(=O)NCC2(Cc3ccccc3)CC2)c1. The first-order valence-electron chi connectivity index (χ1n) is 8.26. The fraction of sp³-hybridized carbons (Fsp3) is 0.350. The molecule has 0 aliphatic heterocycles. The predicted octanol–water partition coefficient (Wildman–Crippen LogP) is 2.87. The van der Waals surface area contributed by atoms with Gasteiger partial charge in [0.2, 0.25) is 0 Å². The van der Waals surface area contributed by atoms with Crippen LogP contribution in [-0.2, 0) is 11.2 Å². The summed E-state index contributed by atoms with van der Waals surface area (Å²) in [4.78, 5) is 12.3. The molecule has 1 aliphatic rings. The van der Waals surface area contributed by atoms with Gasteiger partial charge in [0.1, 0.15) is 5.75 Å². The molecule has 1 aliphatic carbocycles. The number of ether oxygens (including phenoxy) is 1. The van der Waals surface area contributed by atoms with E-state index in [1.165, 1.54) is 5.56 Å². The highest BCUT2D eigenvalue weighted by atomic mass is 16.5. The zero-order valence-corrected chi connectivity index (χ0v) is 13.9. The highest BCUT2D eigenvalue weighted by molar-refractivity contribution is 5.82. The lowest BCUT2D eigenvalue weighted by Crippen LogP contribution is -2.34. The summed E-state index contributed by atoms with van der Waals surface area (Å²) in [7, 11) is 1.56. The van der Waals surface area contributed by atoms with Gasteiger partial charge in [-0.2, -0.15) is 0 Å². The molecular formula is C20H23NO3. The van der Waals surface area contributed by atoms with E-state index in [1.54, 1.807) is 31.4 Å². The van der Waals surface area contributed by atoms with Gasteiger partial charge < -0.3 is 15.2 Å². The second-order valence-electron chi connectivity index (χ2n) is 6.56. The molecule has 0 radical (unpaired) electrons. The van der Waals surface area contributed by atoms with Gasteiger partial charge in [0.15, 0.2) is 6.10 Å². The summed E-state index contributed by atoms with van der Waals surface area (Å²) >= 11 is 0. The lowest BCUT2D eigenvalue weighted by Gasteiger charge is -2.18. The van der Waals surface area contributed by atoms with E-state index in [0.29, 0.717) is 17.9 Å². The minimum absolute atomic E-state index is 0.144. The number of aliphatic hydroxyl groups is 1. The average molecular weight is 325 g/mol. The fourth-order valence-corrected chi connectivity index (χ4v) is 2.96. The number of benzene rings is 2. The van der Waals surface area contributed by atoms with Gasteiger partial charge in [-0.3, -0.25) is 4.79 Å². The largest absolute Gasteiger partial charge is 0.497 e. The Balaban J connectivity index is 1.57. The van der Waals surface area contributed by atoms with E-state index >= 15 is 0 Å². The Labute approximate surface area is 142 Å². The van der Waals surface area contributed by atoms with Crippen LogP contribution < -0.4 is 10.1 Å². The topological polar surface area (TPSA) is 58.6 Å². The van der Waals surface area contributed by atoms with Crippen molar-refractivity contribution in [1.29, 1.82) is 0 Å². The lowest BCUT2D eigenvalue weighted by molar-refractivity contribution is -0.129. The van der Waals surface area contributed by atoms with Gasteiger partial charge in [0, 0.05) is 6.54 Å². The predicted molar refractivity (Wildman–Crippen MR) is 92.8 cm³/mol. The number of methoxy groups -OCH3 is 1. The normalized spacial score (nSPS) is 16.2. The summed E-state index contributed by atoms with van der Waals surface area (Å²) in [5.41, 5.74) is 1.97. The maximum absolute atomic E-state index is 12.3. The molecule has 1 fully saturated rings. The van der Waals surface area contributed by atoms with Crippen molar-refractivity contribution in [3.63, 3.8) is 0 Å². The molecule has 0 spiro atoms. The first kappa shape index (κ1) is 16.5. The quantitative estimate of drug-likeness (QED) is 0.823. The van der Waals surface area contributed by atoms with Crippen molar-refractivity contribution >= 4 is 5.91 Å². The molecule has 1 saturated carbocycles. The Hall–Kier alpha value is -2.33. The van der Waals surface area contributed by atoms with E-state index < -0.39 is 6.10 Å². The Morgan fingerprint density at radius 3 is 2.62 bits per heavy atom. The Bertz CT molecular complexity index is 695. The molecule has 0 bridgehead atoms. The zero-order chi connectivity index (χ0) is 17.0. The maximum atomic E-state index is 12.3. The average Bonchev–Trinajstić information content (AvgIpc) is 3.39. The molecule has 2 N–H and O–H groups in total.